The smallest absolute Gasteiger partial charge is 0.372 e. The Hall–Kier alpha value is -4.07. The standard InChI is InChI=1S/C26H27ClN6O4/c1-18-11-12-19-8-6-10-22(24(19)31-18)36-16-20-7-2-3-9-21(20)33-26(27,17-29)37-23(34)15-32(33)25(35)30-14-5-4-13-28/h2-3,6-12H,4-5,13-16,28H2,1H3,(H,30,35). The van der Waals surface area contributed by atoms with Crippen molar-refractivity contribution in [1.82, 2.24) is 15.3 Å². The Kier molecular flexibility index (Phi) is 7.96. The van der Waals surface area contributed by atoms with Gasteiger partial charge >= 0.3 is 17.2 Å². The van der Waals surface area contributed by atoms with E-state index in [4.69, 9.17) is 26.8 Å². The molecule has 3 N–H and O–H groups in total. The molecule has 1 aliphatic heterocycles. The van der Waals surface area contributed by atoms with Gasteiger partial charge in [0.05, 0.1) is 5.69 Å². The average Bonchev–Trinajstić information content (AvgIpc) is 2.89. The Bertz CT molecular complexity index is 1350. The Labute approximate surface area is 219 Å². The number of esters is 1. The zero-order valence-corrected chi connectivity index (χ0v) is 21.1. The van der Waals surface area contributed by atoms with Crippen molar-refractivity contribution < 1.29 is 19.1 Å². The zero-order chi connectivity index (χ0) is 26.4. The largest absolute Gasteiger partial charge is 0.487 e. The predicted molar refractivity (Wildman–Crippen MR) is 138 cm³/mol. The minimum atomic E-state index is -2.28. The van der Waals surface area contributed by atoms with Crippen molar-refractivity contribution in [3.8, 4) is 11.8 Å². The number of aromatic nitrogens is 1. The fourth-order valence-corrected chi connectivity index (χ4v) is 4.25. The van der Waals surface area contributed by atoms with Crippen molar-refractivity contribution in [2.24, 2.45) is 5.73 Å². The van der Waals surface area contributed by atoms with E-state index in [2.05, 4.69) is 10.3 Å². The summed E-state index contributed by atoms with van der Waals surface area (Å²) in [7, 11) is 0. The number of carbonyl (C=O) groups is 2. The third kappa shape index (κ3) is 5.69. The van der Waals surface area contributed by atoms with Crippen molar-refractivity contribution in [2.75, 3.05) is 24.6 Å². The molecule has 10 nitrogen and oxygen atoms in total. The molecule has 192 valence electrons. The molecular weight excluding hydrogens is 496 g/mol. The number of unbranched alkanes of at least 4 members (excludes halogenated alkanes) is 1. The van der Waals surface area contributed by atoms with Crippen LogP contribution >= 0.6 is 11.6 Å². The number of fused-ring (bicyclic) bond motifs is 1. The number of alkyl halides is 1. The van der Waals surface area contributed by atoms with Gasteiger partial charge in [0.25, 0.3) is 0 Å². The summed E-state index contributed by atoms with van der Waals surface area (Å²) < 4.78 is 11.4. The van der Waals surface area contributed by atoms with E-state index >= 15 is 0 Å². The third-order valence-electron chi connectivity index (χ3n) is 5.75. The van der Waals surface area contributed by atoms with Gasteiger partial charge in [-0.1, -0.05) is 36.4 Å². The van der Waals surface area contributed by atoms with Crippen molar-refractivity contribution in [3.63, 3.8) is 0 Å². The number of nitrogens with zero attached hydrogens (tertiary/aromatic N) is 4. The molecule has 1 aromatic heterocycles. The topological polar surface area (TPSA) is 134 Å². The fraction of sp³-hybridized carbons (Fsp3) is 0.308. The summed E-state index contributed by atoms with van der Waals surface area (Å²) in [6.45, 7) is 2.38. The number of aryl methyl sites for hydroxylation is 1. The summed E-state index contributed by atoms with van der Waals surface area (Å²) in [5, 5.41) is 13.5. The SMILES string of the molecule is Cc1ccc2cccc(OCc3ccccc3N3N(C(=O)NCCCCN)CC(=O)OC3(Cl)C#N)c2n1. The first kappa shape index (κ1) is 26.0. The first-order valence-electron chi connectivity index (χ1n) is 11.8. The van der Waals surface area contributed by atoms with E-state index in [9.17, 15) is 14.9 Å². The molecule has 0 saturated carbocycles. The summed E-state index contributed by atoms with van der Waals surface area (Å²) in [6.07, 6.45) is 1.39. The van der Waals surface area contributed by atoms with Gasteiger partial charge in [-0.25, -0.2) is 24.6 Å². The number of hydrazine groups is 1. The van der Waals surface area contributed by atoms with Gasteiger partial charge < -0.3 is 20.5 Å². The van der Waals surface area contributed by atoms with E-state index in [1.54, 1.807) is 24.3 Å². The Morgan fingerprint density at radius 3 is 2.84 bits per heavy atom. The lowest BCUT2D eigenvalue weighted by atomic mass is 10.1. The highest BCUT2D eigenvalue weighted by molar-refractivity contribution is 6.27. The van der Waals surface area contributed by atoms with Crippen molar-refractivity contribution in [1.29, 1.82) is 5.26 Å². The zero-order valence-electron chi connectivity index (χ0n) is 20.3. The maximum absolute atomic E-state index is 13.1. The van der Waals surface area contributed by atoms with Gasteiger partial charge in [0.1, 0.15) is 24.4 Å². The second-order valence-electron chi connectivity index (χ2n) is 8.44. The van der Waals surface area contributed by atoms with E-state index in [0.29, 0.717) is 42.0 Å². The van der Waals surface area contributed by atoms with Gasteiger partial charge in [0, 0.05) is 23.2 Å². The first-order valence-corrected chi connectivity index (χ1v) is 12.2. The number of hydrogen-bond acceptors (Lipinski definition) is 8. The molecule has 0 radical (unpaired) electrons. The summed E-state index contributed by atoms with van der Waals surface area (Å²) in [6, 6.07) is 17.7. The molecule has 0 bridgehead atoms. The second-order valence-corrected chi connectivity index (χ2v) is 8.95. The molecule has 2 aromatic carbocycles. The number of pyridine rings is 1. The highest BCUT2D eigenvalue weighted by atomic mass is 35.5. The van der Waals surface area contributed by atoms with Crippen LogP contribution in [-0.2, 0) is 16.1 Å². The Balaban J connectivity index is 1.66. The van der Waals surface area contributed by atoms with Crippen LogP contribution < -0.4 is 20.8 Å². The highest BCUT2D eigenvalue weighted by Gasteiger charge is 2.50. The van der Waals surface area contributed by atoms with Crippen LogP contribution in [0.4, 0.5) is 10.5 Å². The van der Waals surface area contributed by atoms with Crippen LogP contribution in [0, 0.1) is 18.3 Å². The normalized spacial score (nSPS) is 17.3. The van der Waals surface area contributed by atoms with Gasteiger partial charge in [0.2, 0.25) is 0 Å². The molecule has 0 aliphatic carbocycles. The van der Waals surface area contributed by atoms with Crippen LogP contribution in [0.15, 0.2) is 54.6 Å². The number of carbonyl (C=O) groups excluding carboxylic acids is 2. The van der Waals surface area contributed by atoms with Crippen molar-refractivity contribution >= 4 is 40.2 Å². The molecule has 37 heavy (non-hydrogen) atoms. The maximum atomic E-state index is 13.1. The Morgan fingerprint density at radius 2 is 2.05 bits per heavy atom. The Morgan fingerprint density at radius 1 is 1.24 bits per heavy atom. The fourth-order valence-electron chi connectivity index (χ4n) is 3.98. The van der Waals surface area contributed by atoms with E-state index in [1.165, 1.54) is 5.01 Å². The molecule has 1 saturated heterocycles. The van der Waals surface area contributed by atoms with E-state index < -0.39 is 23.7 Å². The highest BCUT2D eigenvalue weighted by Crippen LogP contribution is 2.36. The molecule has 1 atom stereocenters. The lowest BCUT2D eigenvalue weighted by Crippen LogP contribution is -2.66. The van der Waals surface area contributed by atoms with Gasteiger partial charge in [-0.2, -0.15) is 5.26 Å². The minimum absolute atomic E-state index is 0.0692. The summed E-state index contributed by atoms with van der Waals surface area (Å²) in [4.78, 5) is 30.0. The number of anilines is 1. The molecule has 2 amide bonds. The number of amides is 2. The molecular formula is C26H27ClN6O4. The third-order valence-corrected chi connectivity index (χ3v) is 6.07. The molecule has 0 spiro atoms. The number of cyclic esters (lactones) is 1. The van der Waals surface area contributed by atoms with Gasteiger partial charge in [-0.15, -0.1) is 0 Å². The van der Waals surface area contributed by atoms with E-state index in [0.717, 1.165) is 22.5 Å². The summed E-state index contributed by atoms with van der Waals surface area (Å²) in [5.41, 5.74) is 8.06. The average molecular weight is 523 g/mol. The van der Waals surface area contributed by atoms with Crippen LogP contribution in [0.1, 0.15) is 24.1 Å². The summed E-state index contributed by atoms with van der Waals surface area (Å²) in [5.74, 6) is -0.233. The number of nitrogens with one attached hydrogen (secondary N) is 1. The van der Waals surface area contributed by atoms with Crippen molar-refractivity contribution in [3.05, 3.63) is 65.9 Å². The number of urea groups is 1. The maximum Gasteiger partial charge on any atom is 0.372 e. The van der Waals surface area contributed by atoms with Crippen LogP contribution in [-0.4, -0.2) is 46.8 Å². The number of nitrogens with two attached hydrogens (primary N) is 1. The van der Waals surface area contributed by atoms with Crippen LogP contribution in [0.5, 0.6) is 5.75 Å². The molecule has 4 rings (SSSR count). The number of rotatable bonds is 8. The van der Waals surface area contributed by atoms with Gasteiger partial charge in [-0.05, 0) is 56.1 Å². The number of nitriles is 1. The monoisotopic (exact) mass is 522 g/mol. The lowest BCUT2D eigenvalue weighted by molar-refractivity contribution is -0.158. The molecule has 11 heteroatoms. The number of benzene rings is 2. The number of ether oxygens (including phenoxy) is 2. The first-order chi connectivity index (χ1) is 17.9. The molecule has 3 aromatic rings. The van der Waals surface area contributed by atoms with Crippen molar-refractivity contribution in [2.45, 2.75) is 31.6 Å². The summed E-state index contributed by atoms with van der Waals surface area (Å²) >= 11 is 6.49. The predicted octanol–water partition coefficient (Wildman–Crippen LogP) is 3.57. The molecule has 1 aliphatic rings. The molecule has 2 heterocycles. The van der Waals surface area contributed by atoms with Crippen LogP contribution in [0.3, 0.4) is 0 Å². The quantitative estimate of drug-likeness (QED) is 0.198. The second kappa shape index (κ2) is 11.3. The lowest BCUT2D eigenvalue weighted by Gasteiger charge is -2.45. The van der Waals surface area contributed by atoms with Crippen LogP contribution in [0.2, 0.25) is 0 Å². The molecule has 1 fully saturated rings. The molecule has 1 unspecified atom stereocenters. The number of hydrogen-bond donors (Lipinski definition) is 2. The van der Waals surface area contributed by atoms with Crippen LogP contribution in [0.25, 0.3) is 10.9 Å². The van der Waals surface area contributed by atoms with E-state index in [-0.39, 0.29) is 6.61 Å². The van der Waals surface area contributed by atoms with Gasteiger partial charge in [-0.3, -0.25) is 0 Å². The minimum Gasteiger partial charge on any atom is -0.487 e. The number of para-hydroxylation sites is 2. The van der Waals surface area contributed by atoms with Gasteiger partial charge in [0.15, 0.2) is 6.07 Å². The number of halogens is 1. The van der Waals surface area contributed by atoms with E-state index in [1.807, 2.05) is 43.3 Å².